The van der Waals surface area contributed by atoms with Gasteiger partial charge in [0.05, 0.1) is 11.7 Å². The van der Waals surface area contributed by atoms with Crippen LogP contribution < -0.4 is 0 Å². The molecule has 0 aromatic rings. The zero-order chi connectivity index (χ0) is 13.0. The highest BCUT2D eigenvalue weighted by Crippen LogP contribution is 2.40. The molecule has 0 bridgehead atoms. The van der Waals surface area contributed by atoms with Gasteiger partial charge in [0.15, 0.2) is 5.78 Å². The number of allylic oxidation sites excluding steroid dienone is 1. The third-order valence-corrected chi connectivity index (χ3v) is 3.45. The first-order valence-electron chi connectivity index (χ1n) is 5.72. The van der Waals surface area contributed by atoms with Gasteiger partial charge in [-0.3, -0.25) is 4.79 Å². The second-order valence-corrected chi connectivity index (χ2v) is 5.40. The van der Waals surface area contributed by atoms with Crippen LogP contribution in [0.2, 0.25) is 0 Å². The summed E-state index contributed by atoms with van der Waals surface area (Å²) in [6, 6.07) is 0. The highest BCUT2D eigenvalue weighted by molar-refractivity contribution is 5.94. The maximum atomic E-state index is 11.6. The minimum Gasteiger partial charge on any atom is -0.389 e. The van der Waals surface area contributed by atoms with Crippen LogP contribution in [0.25, 0.3) is 0 Å². The molecule has 0 saturated carbocycles. The van der Waals surface area contributed by atoms with Crippen molar-refractivity contribution in [2.24, 2.45) is 5.92 Å². The molecule has 0 radical (unpaired) electrons. The number of rotatable bonds is 2. The molecule has 0 amide bonds. The SMILES string of the molecule is CC1C(=O)C=C(C2OC2C(C)(C)O)C(O)C1O. The summed E-state index contributed by atoms with van der Waals surface area (Å²) < 4.78 is 5.28. The molecule has 1 aliphatic carbocycles. The van der Waals surface area contributed by atoms with E-state index >= 15 is 0 Å². The van der Waals surface area contributed by atoms with Crippen LogP contribution >= 0.6 is 0 Å². The zero-order valence-corrected chi connectivity index (χ0v) is 10.1. The Kier molecular flexibility index (Phi) is 2.90. The summed E-state index contributed by atoms with van der Waals surface area (Å²) in [5.41, 5.74) is -0.657. The largest absolute Gasteiger partial charge is 0.389 e. The summed E-state index contributed by atoms with van der Waals surface area (Å²) >= 11 is 0. The molecule has 1 saturated heterocycles. The van der Waals surface area contributed by atoms with Gasteiger partial charge in [-0.25, -0.2) is 0 Å². The van der Waals surface area contributed by atoms with Crippen molar-refractivity contribution in [2.45, 2.75) is 50.8 Å². The molecule has 2 rings (SSSR count). The van der Waals surface area contributed by atoms with Crippen molar-refractivity contribution in [2.75, 3.05) is 0 Å². The van der Waals surface area contributed by atoms with Gasteiger partial charge in [-0.2, -0.15) is 0 Å². The Bertz CT molecular complexity index is 368. The van der Waals surface area contributed by atoms with Crippen molar-refractivity contribution in [3.05, 3.63) is 11.6 Å². The monoisotopic (exact) mass is 242 g/mol. The average Bonchev–Trinajstić information content (AvgIpc) is 2.99. The van der Waals surface area contributed by atoms with E-state index < -0.39 is 35.9 Å². The van der Waals surface area contributed by atoms with Crippen molar-refractivity contribution in [3.63, 3.8) is 0 Å². The molecule has 5 heteroatoms. The van der Waals surface area contributed by atoms with E-state index in [1.807, 2.05) is 0 Å². The standard InChI is InChI=1S/C12H18O5/c1-5-7(13)4-6(9(15)8(5)14)10-11(17-10)12(2,3)16/h4-5,8-11,14-16H,1-3H3. The van der Waals surface area contributed by atoms with Crippen molar-refractivity contribution in [1.82, 2.24) is 0 Å². The summed E-state index contributed by atoms with van der Waals surface area (Å²) in [6.45, 7) is 4.79. The first-order chi connectivity index (χ1) is 7.73. The molecule has 0 aromatic heterocycles. The van der Waals surface area contributed by atoms with E-state index in [-0.39, 0.29) is 5.78 Å². The van der Waals surface area contributed by atoms with E-state index in [2.05, 4.69) is 0 Å². The van der Waals surface area contributed by atoms with Gasteiger partial charge in [-0.1, -0.05) is 6.92 Å². The molecule has 1 heterocycles. The summed E-state index contributed by atoms with van der Waals surface area (Å²) in [6.07, 6.45) is -1.78. The van der Waals surface area contributed by atoms with Crippen LogP contribution in [0.4, 0.5) is 0 Å². The highest BCUT2D eigenvalue weighted by atomic mass is 16.6. The number of carbonyl (C=O) groups is 1. The van der Waals surface area contributed by atoms with Crippen molar-refractivity contribution in [3.8, 4) is 0 Å². The van der Waals surface area contributed by atoms with E-state index in [0.29, 0.717) is 5.57 Å². The predicted molar refractivity (Wildman–Crippen MR) is 59.2 cm³/mol. The first kappa shape index (κ1) is 12.7. The van der Waals surface area contributed by atoms with Crippen LogP contribution in [0.15, 0.2) is 11.6 Å². The molecular formula is C12H18O5. The molecule has 17 heavy (non-hydrogen) atoms. The third-order valence-electron chi connectivity index (χ3n) is 3.45. The van der Waals surface area contributed by atoms with Crippen LogP contribution in [-0.4, -0.2) is 51.1 Å². The van der Waals surface area contributed by atoms with Gasteiger partial charge < -0.3 is 20.1 Å². The minimum atomic E-state index is -1.10. The van der Waals surface area contributed by atoms with Crippen LogP contribution in [0, 0.1) is 5.92 Å². The minimum absolute atomic E-state index is 0.220. The molecule has 5 unspecified atom stereocenters. The Morgan fingerprint density at radius 2 is 1.94 bits per heavy atom. The molecule has 0 spiro atoms. The van der Waals surface area contributed by atoms with Crippen LogP contribution in [0.1, 0.15) is 20.8 Å². The first-order valence-corrected chi connectivity index (χ1v) is 5.72. The van der Waals surface area contributed by atoms with Gasteiger partial charge in [0.2, 0.25) is 0 Å². The smallest absolute Gasteiger partial charge is 0.161 e. The molecule has 96 valence electrons. The summed E-state index contributed by atoms with van der Waals surface area (Å²) in [7, 11) is 0. The second-order valence-electron chi connectivity index (χ2n) is 5.40. The van der Waals surface area contributed by atoms with E-state index in [9.17, 15) is 20.1 Å². The Morgan fingerprint density at radius 1 is 1.35 bits per heavy atom. The summed E-state index contributed by atoms with van der Waals surface area (Å²) in [4.78, 5) is 11.6. The quantitative estimate of drug-likeness (QED) is 0.562. The number of epoxide rings is 1. The number of aliphatic hydroxyl groups is 3. The Balaban J connectivity index is 2.18. The third kappa shape index (κ3) is 2.15. The van der Waals surface area contributed by atoms with Gasteiger partial charge in [0.1, 0.15) is 18.3 Å². The van der Waals surface area contributed by atoms with E-state index in [4.69, 9.17) is 4.74 Å². The van der Waals surface area contributed by atoms with Gasteiger partial charge >= 0.3 is 0 Å². The van der Waals surface area contributed by atoms with E-state index in [0.717, 1.165) is 0 Å². The van der Waals surface area contributed by atoms with Crippen molar-refractivity contribution in [1.29, 1.82) is 0 Å². The molecule has 5 nitrogen and oxygen atoms in total. The maximum Gasteiger partial charge on any atom is 0.161 e. The van der Waals surface area contributed by atoms with Crippen LogP contribution in [-0.2, 0) is 9.53 Å². The lowest BCUT2D eigenvalue weighted by atomic mass is 9.82. The maximum absolute atomic E-state index is 11.6. The lowest BCUT2D eigenvalue weighted by molar-refractivity contribution is -0.125. The van der Waals surface area contributed by atoms with Crippen LogP contribution in [0.3, 0.4) is 0 Å². The topological polar surface area (TPSA) is 90.3 Å². The number of hydrogen-bond acceptors (Lipinski definition) is 5. The number of aliphatic hydroxyl groups excluding tert-OH is 2. The molecule has 5 atom stereocenters. The molecule has 1 aliphatic heterocycles. The number of hydrogen-bond donors (Lipinski definition) is 3. The van der Waals surface area contributed by atoms with Crippen LogP contribution in [0.5, 0.6) is 0 Å². The van der Waals surface area contributed by atoms with Crippen molar-refractivity contribution >= 4 is 5.78 Å². The second kappa shape index (κ2) is 3.88. The van der Waals surface area contributed by atoms with E-state index in [1.54, 1.807) is 20.8 Å². The zero-order valence-electron chi connectivity index (χ0n) is 10.1. The fourth-order valence-corrected chi connectivity index (χ4v) is 2.17. The van der Waals surface area contributed by atoms with Gasteiger partial charge in [-0.15, -0.1) is 0 Å². The van der Waals surface area contributed by atoms with Crippen molar-refractivity contribution < 1.29 is 24.9 Å². The number of ketones is 1. The van der Waals surface area contributed by atoms with Gasteiger partial charge in [0.25, 0.3) is 0 Å². The molecule has 3 N–H and O–H groups in total. The highest BCUT2D eigenvalue weighted by Gasteiger charge is 2.54. The van der Waals surface area contributed by atoms with Gasteiger partial charge in [-0.05, 0) is 25.5 Å². The fraction of sp³-hybridized carbons (Fsp3) is 0.750. The number of ether oxygens (including phenoxy) is 1. The predicted octanol–water partition coefficient (Wildman–Crippen LogP) is -0.608. The summed E-state index contributed by atoms with van der Waals surface area (Å²) in [5.74, 6) is -0.823. The molecule has 2 aliphatic rings. The average molecular weight is 242 g/mol. The molecule has 1 fully saturated rings. The Hall–Kier alpha value is -0.750. The molecule has 0 aromatic carbocycles. The van der Waals surface area contributed by atoms with E-state index in [1.165, 1.54) is 6.08 Å². The normalized spacial score (nSPS) is 42.4. The lowest BCUT2D eigenvalue weighted by Gasteiger charge is -2.28. The fourth-order valence-electron chi connectivity index (χ4n) is 2.17. The Morgan fingerprint density at radius 3 is 2.41 bits per heavy atom. The van der Waals surface area contributed by atoms with Gasteiger partial charge in [0, 0.05) is 5.92 Å². The lowest BCUT2D eigenvalue weighted by Crippen LogP contribution is -2.43. The number of carbonyl (C=O) groups excluding carboxylic acids is 1. The molecular weight excluding hydrogens is 224 g/mol. The summed E-state index contributed by atoms with van der Waals surface area (Å²) in [5, 5.41) is 29.4. The Labute approximate surface area is 99.7 Å².